The van der Waals surface area contributed by atoms with Crippen molar-refractivity contribution in [3.63, 3.8) is 0 Å². The molecule has 2 aliphatic heterocycles. The zero-order valence-electron chi connectivity index (χ0n) is 25.2. The largest absolute Gasteiger partial charge is 0.493 e. The average molecular weight is 604 g/mol. The minimum atomic E-state index is -1.76. The van der Waals surface area contributed by atoms with E-state index in [1.54, 1.807) is 66.7 Å². The monoisotopic (exact) mass is 603 g/mol. The molecule has 4 aromatic rings. The lowest BCUT2D eigenvalue weighted by molar-refractivity contribution is 0.0664. The molecule has 7 rings (SSSR count). The Labute approximate surface area is 259 Å². The summed E-state index contributed by atoms with van der Waals surface area (Å²) in [6.45, 7) is 1.93. The van der Waals surface area contributed by atoms with Gasteiger partial charge in [0.2, 0.25) is 5.75 Å². The molecule has 0 radical (unpaired) electrons. The van der Waals surface area contributed by atoms with Crippen molar-refractivity contribution in [3.8, 4) is 17.2 Å². The molecule has 3 aliphatic rings. The molecule has 8 heteroatoms. The fraction of sp³-hybridized carbons (Fsp3) is 0.216. The molecular formula is C37H30FNO6. The van der Waals surface area contributed by atoms with Crippen LogP contribution in [0.15, 0.2) is 84.9 Å². The number of ether oxygens (including phenoxy) is 3. The lowest BCUT2D eigenvalue weighted by Crippen LogP contribution is -2.48. The van der Waals surface area contributed by atoms with Crippen molar-refractivity contribution >= 4 is 29.1 Å². The van der Waals surface area contributed by atoms with Crippen molar-refractivity contribution in [1.82, 2.24) is 0 Å². The predicted octanol–water partition coefficient (Wildman–Crippen LogP) is 6.48. The molecule has 1 aliphatic carbocycles. The van der Waals surface area contributed by atoms with Crippen LogP contribution < -0.4 is 19.1 Å². The smallest absolute Gasteiger partial charge is 0.203 e. The highest BCUT2D eigenvalue weighted by molar-refractivity contribution is 6.32. The summed E-state index contributed by atoms with van der Waals surface area (Å²) in [7, 11) is 4.44. The number of benzene rings is 4. The average Bonchev–Trinajstić information content (AvgIpc) is 3.49. The van der Waals surface area contributed by atoms with Crippen LogP contribution in [-0.4, -0.2) is 50.8 Å². The van der Waals surface area contributed by atoms with Crippen molar-refractivity contribution < 1.29 is 33.0 Å². The van der Waals surface area contributed by atoms with Crippen LogP contribution in [0.1, 0.15) is 53.7 Å². The number of nitrogens with zero attached hydrogens (tertiary/aromatic N) is 1. The Morgan fingerprint density at radius 2 is 1.49 bits per heavy atom. The second-order valence-electron chi connectivity index (χ2n) is 11.6. The third-order valence-electron chi connectivity index (χ3n) is 9.44. The van der Waals surface area contributed by atoms with Crippen LogP contribution in [0.25, 0.3) is 6.08 Å². The number of halogens is 1. The van der Waals surface area contributed by atoms with Gasteiger partial charge in [0, 0.05) is 39.4 Å². The maximum Gasteiger partial charge on any atom is 0.203 e. The molecule has 0 amide bonds. The van der Waals surface area contributed by atoms with Crippen molar-refractivity contribution in [1.29, 1.82) is 0 Å². The molecule has 0 bridgehead atoms. The zero-order valence-corrected chi connectivity index (χ0v) is 25.2. The summed E-state index contributed by atoms with van der Waals surface area (Å²) in [5.74, 6) is -1.62. The van der Waals surface area contributed by atoms with E-state index in [9.17, 15) is 18.8 Å². The fourth-order valence-corrected chi connectivity index (χ4v) is 7.55. The van der Waals surface area contributed by atoms with Crippen LogP contribution in [0, 0.1) is 18.2 Å². The van der Waals surface area contributed by atoms with Crippen molar-refractivity contribution in [2.75, 3.05) is 26.2 Å². The van der Waals surface area contributed by atoms with Crippen molar-refractivity contribution in [2.45, 2.75) is 24.9 Å². The number of rotatable bonds is 6. The SMILES string of the molecule is COc1ccc([C@@H]2[C@H](C(=O)c3ccc(C)cc3)N3c4ccc(F)cc4C=C[C@H]3C23C(=O)c2ccccc2C3=O)c(OC)c1OC. The van der Waals surface area contributed by atoms with Gasteiger partial charge in [-0.05, 0) is 31.2 Å². The second-order valence-corrected chi connectivity index (χ2v) is 11.6. The van der Waals surface area contributed by atoms with Crippen LogP contribution in [0.3, 0.4) is 0 Å². The Kier molecular flexibility index (Phi) is 6.62. The van der Waals surface area contributed by atoms with Gasteiger partial charge in [0.15, 0.2) is 28.8 Å². The Balaban J connectivity index is 1.59. The summed E-state index contributed by atoms with van der Waals surface area (Å²) in [5, 5.41) is 0. The Bertz CT molecular complexity index is 1900. The highest BCUT2D eigenvalue weighted by atomic mass is 19.1. The summed E-state index contributed by atoms with van der Waals surface area (Å²) in [6, 6.07) is 19.8. The number of carbonyl (C=O) groups excluding carboxylic acids is 3. The molecule has 226 valence electrons. The van der Waals surface area contributed by atoms with Crippen LogP contribution in [0.2, 0.25) is 0 Å². The van der Waals surface area contributed by atoms with E-state index < -0.39 is 29.2 Å². The molecule has 1 saturated heterocycles. The van der Waals surface area contributed by atoms with Crippen LogP contribution in [0.5, 0.6) is 17.2 Å². The summed E-state index contributed by atoms with van der Waals surface area (Å²) >= 11 is 0. The molecule has 0 saturated carbocycles. The lowest BCUT2D eigenvalue weighted by Gasteiger charge is -2.37. The lowest BCUT2D eigenvalue weighted by atomic mass is 9.64. The maximum atomic E-state index is 14.9. The molecule has 1 spiro atoms. The van der Waals surface area contributed by atoms with Crippen molar-refractivity contribution in [3.05, 3.63) is 124 Å². The van der Waals surface area contributed by atoms with Gasteiger partial charge in [0.25, 0.3) is 0 Å². The van der Waals surface area contributed by atoms with E-state index in [-0.39, 0.29) is 28.8 Å². The first-order valence-electron chi connectivity index (χ1n) is 14.6. The van der Waals surface area contributed by atoms with Gasteiger partial charge < -0.3 is 19.1 Å². The Morgan fingerprint density at radius 3 is 2.11 bits per heavy atom. The first kappa shape index (κ1) is 28.5. The van der Waals surface area contributed by atoms with E-state index in [2.05, 4.69) is 0 Å². The fourth-order valence-electron chi connectivity index (χ4n) is 7.55. The quantitative estimate of drug-likeness (QED) is 0.184. The minimum Gasteiger partial charge on any atom is -0.493 e. The van der Waals surface area contributed by atoms with Gasteiger partial charge in [-0.15, -0.1) is 0 Å². The molecule has 0 unspecified atom stereocenters. The first-order valence-corrected chi connectivity index (χ1v) is 14.6. The van der Waals surface area contributed by atoms with Gasteiger partial charge in [-0.1, -0.05) is 72.3 Å². The molecule has 45 heavy (non-hydrogen) atoms. The number of hydrogen-bond donors (Lipinski definition) is 0. The normalized spacial score (nSPS) is 20.6. The van der Waals surface area contributed by atoms with Gasteiger partial charge in [0.1, 0.15) is 17.3 Å². The number of methoxy groups -OCH3 is 3. The predicted molar refractivity (Wildman–Crippen MR) is 167 cm³/mol. The van der Waals surface area contributed by atoms with E-state index in [0.717, 1.165) is 5.56 Å². The van der Waals surface area contributed by atoms with Gasteiger partial charge in [-0.3, -0.25) is 14.4 Å². The molecular weight excluding hydrogens is 573 g/mol. The number of hydrogen-bond acceptors (Lipinski definition) is 7. The topological polar surface area (TPSA) is 82.1 Å². The number of Topliss-reactive ketones (excluding diaryl/α,β-unsaturated/α-hetero) is 3. The summed E-state index contributed by atoms with van der Waals surface area (Å²) in [4.78, 5) is 46.6. The highest BCUT2D eigenvalue weighted by Gasteiger charge is 2.72. The Morgan fingerprint density at radius 1 is 0.822 bits per heavy atom. The number of ketones is 3. The molecule has 0 aromatic heterocycles. The van der Waals surface area contributed by atoms with Crippen LogP contribution in [0.4, 0.5) is 10.1 Å². The molecule has 7 nitrogen and oxygen atoms in total. The number of aryl methyl sites for hydroxylation is 1. The second kappa shape index (κ2) is 10.4. The van der Waals surface area contributed by atoms with E-state index in [0.29, 0.717) is 39.3 Å². The Hall–Kier alpha value is -5.24. The van der Waals surface area contributed by atoms with E-state index in [1.807, 2.05) is 24.0 Å². The van der Waals surface area contributed by atoms with Gasteiger partial charge in [-0.25, -0.2) is 4.39 Å². The highest BCUT2D eigenvalue weighted by Crippen LogP contribution is 2.63. The number of anilines is 1. The molecule has 3 atom stereocenters. The first-order chi connectivity index (χ1) is 21.8. The van der Waals surface area contributed by atoms with E-state index >= 15 is 0 Å². The number of carbonyl (C=O) groups is 3. The molecule has 4 aromatic carbocycles. The minimum absolute atomic E-state index is 0.252. The van der Waals surface area contributed by atoms with Gasteiger partial charge in [0.05, 0.1) is 27.4 Å². The molecule has 1 fully saturated rings. The third-order valence-corrected chi connectivity index (χ3v) is 9.44. The number of fused-ring (bicyclic) bond motifs is 5. The van der Waals surface area contributed by atoms with Crippen molar-refractivity contribution in [2.24, 2.45) is 5.41 Å². The third kappa shape index (κ3) is 3.84. The molecule has 2 heterocycles. The zero-order chi connectivity index (χ0) is 31.6. The van der Waals surface area contributed by atoms with Crippen LogP contribution in [-0.2, 0) is 0 Å². The van der Waals surface area contributed by atoms with Gasteiger partial charge in [-0.2, -0.15) is 0 Å². The summed E-state index contributed by atoms with van der Waals surface area (Å²) in [5.41, 5.74) is 1.77. The standard InChI is InChI=1S/C37H30FNO6/c1-20-9-11-21(12-10-20)32(40)31-30(26-15-17-28(43-2)34(45-4)33(26)44-3)37(35(41)24-7-5-6-8-25(24)36(37)42)29-18-13-22-19-23(38)14-16-27(22)39(29)31/h5-19,29-31H,1-4H3/t29-,30+,31+/m0/s1. The maximum absolute atomic E-state index is 14.9. The van der Waals surface area contributed by atoms with E-state index in [1.165, 1.54) is 33.5 Å². The van der Waals surface area contributed by atoms with Crippen LogP contribution >= 0.6 is 0 Å². The molecule has 0 N–H and O–H groups in total. The summed E-state index contributed by atoms with van der Waals surface area (Å²) in [6.07, 6.45) is 3.48. The van der Waals surface area contributed by atoms with Gasteiger partial charge >= 0.3 is 0 Å². The van der Waals surface area contributed by atoms with E-state index in [4.69, 9.17) is 14.2 Å². The summed E-state index contributed by atoms with van der Waals surface area (Å²) < 4.78 is 31.7.